The van der Waals surface area contributed by atoms with Gasteiger partial charge in [-0.3, -0.25) is 19.2 Å². The van der Waals surface area contributed by atoms with Crippen LogP contribution in [-0.4, -0.2) is 58.3 Å². The zero-order valence-corrected chi connectivity index (χ0v) is 15.7. The first-order valence-corrected chi connectivity index (χ1v) is 9.44. The fraction of sp³-hybridized carbons (Fsp3) is 0.412. The van der Waals surface area contributed by atoms with E-state index < -0.39 is 42.4 Å². The largest absolute Gasteiger partial charge is 0.480 e. The first-order chi connectivity index (χ1) is 13.2. The maximum atomic E-state index is 12.9. The number of hydrogen-bond donors (Lipinski definition) is 5. The second kappa shape index (κ2) is 11.9. The average Bonchev–Trinajstić information content (AvgIpc) is 2.64. The minimum Gasteiger partial charge on any atom is -0.480 e. The van der Waals surface area contributed by atoms with Crippen molar-refractivity contribution in [1.29, 1.82) is 0 Å². The summed E-state index contributed by atoms with van der Waals surface area (Å²) in [7, 11) is 0. The van der Waals surface area contributed by atoms with Crippen LogP contribution in [-0.2, 0) is 24.9 Å². The number of hydrogen-bond acceptors (Lipinski definition) is 6. The smallest absolute Gasteiger partial charge is 0.322 e. The molecule has 0 aliphatic carbocycles. The van der Waals surface area contributed by atoms with Crippen LogP contribution in [0.4, 0.5) is 4.39 Å². The van der Waals surface area contributed by atoms with Crippen molar-refractivity contribution in [2.45, 2.75) is 30.7 Å². The number of nitrogens with two attached hydrogens (primary N) is 1. The van der Waals surface area contributed by atoms with E-state index in [1.807, 2.05) is 0 Å². The highest BCUT2D eigenvalue weighted by molar-refractivity contribution is 7.98. The van der Waals surface area contributed by atoms with Gasteiger partial charge in [-0.05, 0) is 24.1 Å². The molecule has 0 aromatic heterocycles. The molecular weight excluding hydrogens is 393 g/mol. The highest BCUT2D eigenvalue weighted by Gasteiger charge is 2.22. The topological polar surface area (TPSA) is 159 Å². The number of benzene rings is 1. The van der Waals surface area contributed by atoms with Gasteiger partial charge in [-0.2, -0.15) is 11.8 Å². The second-order valence-corrected chi connectivity index (χ2v) is 6.89. The van der Waals surface area contributed by atoms with Gasteiger partial charge in [0, 0.05) is 17.9 Å². The molecule has 0 heterocycles. The summed E-state index contributed by atoms with van der Waals surface area (Å²) < 4.78 is 12.9. The monoisotopic (exact) mass is 415 g/mol. The summed E-state index contributed by atoms with van der Waals surface area (Å²) in [6.07, 6.45) is -0.299. The molecule has 1 rings (SSSR count). The number of carbonyl (C=O) groups excluding carboxylic acids is 2. The van der Waals surface area contributed by atoms with Crippen LogP contribution in [0.15, 0.2) is 24.3 Å². The maximum absolute atomic E-state index is 12.9. The predicted octanol–water partition coefficient (Wildman–Crippen LogP) is -0.0634. The lowest BCUT2D eigenvalue weighted by Gasteiger charge is -2.18. The van der Waals surface area contributed by atoms with Crippen LogP contribution in [0.1, 0.15) is 18.4 Å². The van der Waals surface area contributed by atoms with Crippen LogP contribution in [0.2, 0.25) is 0 Å². The molecule has 2 atom stereocenters. The van der Waals surface area contributed by atoms with Gasteiger partial charge in [-0.25, -0.2) is 4.39 Å². The molecule has 0 spiro atoms. The lowest BCUT2D eigenvalue weighted by atomic mass is 10.1. The van der Waals surface area contributed by atoms with Gasteiger partial charge in [0.05, 0.1) is 0 Å². The lowest BCUT2D eigenvalue weighted by molar-refractivity contribution is -0.139. The number of amides is 2. The van der Waals surface area contributed by atoms with Gasteiger partial charge < -0.3 is 26.6 Å². The van der Waals surface area contributed by atoms with Gasteiger partial charge >= 0.3 is 11.9 Å². The van der Waals surface area contributed by atoms with Crippen LogP contribution in [0.5, 0.6) is 0 Å². The van der Waals surface area contributed by atoms with Crippen LogP contribution in [0, 0.1) is 5.82 Å². The zero-order chi connectivity index (χ0) is 21.1. The molecule has 0 fully saturated rings. The fourth-order valence-corrected chi connectivity index (χ4v) is 3.04. The van der Waals surface area contributed by atoms with Crippen molar-refractivity contribution in [3.63, 3.8) is 0 Å². The van der Waals surface area contributed by atoms with Gasteiger partial charge in [0.2, 0.25) is 11.8 Å². The lowest BCUT2D eigenvalue weighted by Crippen LogP contribution is -2.49. The van der Waals surface area contributed by atoms with E-state index in [9.17, 15) is 23.6 Å². The molecule has 0 aliphatic rings. The van der Waals surface area contributed by atoms with E-state index in [1.54, 1.807) is 12.1 Å². The molecule has 1 unspecified atom stereocenters. The number of carboxylic acids is 2. The Balaban J connectivity index is 2.60. The summed E-state index contributed by atoms with van der Waals surface area (Å²) in [5, 5.41) is 22.0. The van der Waals surface area contributed by atoms with Gasteiger partial charge in [0.15, 0.2) is 0 Å². The third-order valence-electron chi connectivity index (χ3n) is 3.53. The van der Waals surface area contributed by atoms with Crippen molar-refractivity contribution in [3.05, 3.63) is 35.6 Å². The molecule has 154 valence electrons. The summed E-state index contributed by atoms with van der Waals surface area (Å²) >= 11 is 1.29. The number of nitrogens with one attached hydrogen (secondary N) is 2. The number of halogens is 1. The summed E-state index contributed by atoms with van der Waals surface area (Å²) in [4.78, 5) is 45.4. The van der Waals surface area contributed by atoms with E-state index in [0.29, 0.717) is 5.75 Å². The number of carboxylic acid groups (broad SMARTS) is 2. The van der Waals surface area contributed by atoms with Crippen molar-refractivity contribution < 1.29 is 33.8 Å². The minimum absolute atomic E-state index is 0.104. The summed E-state index contributed by atoms with van der Waals surface area (Å²) in [6, 6.07) is 3.58. The highest BCUT2D eigenvalue weighted by atomic mass is 32.2. The maximum Gasteiger partial charge on any atom is 0.322 e. The Hall–Kier alpha value is -2.66. The standard InChI is InChI=1S/C17H22FN3O6S/c18-11-3-1-10(2-4-11)8-28-9-13(16(25)20-7-15(23)24)21-14(22)6-5-12(19)17(26)27/h1-4,12-13H,5-9,19H2,(H,20,25)(H,21,22)(H,23,24)(H,26,27)/t12-,13?/m0/s1. The van der Waals surface area contributed by atoms with Crippen molar-refractivity contribution in [2.75, 3.05) is 12.3 Å². The Bertz CT molecular complexity index is 701. The molecule has 1 aromatic rings. The van der Waals surface area contributed by atoms with E-state index >= 15 is 0 Å². The van der Waals surface area contributed by atoms with Gasteiger partial charge in [-0.1, -0.05) is 12.1 Å². The van der Waals surface area contributed by atoms with E-state index in [1.165, 1.54) is 23.9 Å². The van der Waals surface area contributed by atoms with Crippen LogP contribution in [0.25, 0.3) is 0 Å². The quantitative estimate of drug-likeness (QED) is 0.317. The third kappa shape index (κ3) is 9.33. The van der Waals surface area contributed by atoms with Crippen LogP contribution in [0.3, 0.4) is 0 Å². The summed E-state index contributed by atoms with van der Waals surface area (Å²) in [5.74, 6) is -3.50. The van der Waals surface area contributed by atoms with Crippen molar-refractivity contribution in [2.24, 2.45) is 5.73 Å². The van der Waals surface area contributed by atoms with Crippen LogP contribution >= 0.6 is 11.8 Å². The first-order valence-electron chi connectivity index (χ1n) is 8.28. The van der Waals surface area contributed by atoms with E-state index in [4.69, 9.17) is 15.9 Å². The molecule has 0 aliphatic heterocycles. The molecule has 11 heteroatoms. The van der Waals surface area contributed by atoms with Gasteiger partial charge in [-0.15, -0.1) is 0 Å². The van der Waals surface area contributed by atoms with E-state index in [0.717, 1.165) is 5.56 Å². The Morgan fingerprint density at radius 1 is 1.14 bits per heavy atom. The second-order valence-electron chi connectivity index (χ2n) is 5.86. The number of carbonyl (C=O) groups is 4. The average molecular weight is 415 g/mol. The number of thioether (sulfide) groups is 1. The molecule has 0 radical (unpaired) electrons. The number of aliphatic carboxylic acids is 2. The van der Waals surface area contributed by atoms with Gasteiger partial charge in [0.1, 0.15) is 24.4 Å². The highest BCUT2D eigenvalue weighted by Crippen LogP contribution is 2.14. The minimum atomic E-state index is -1.24. The summed E-state index contributed by atoms with van der Waals surface area (Å²) in [6.45, 7) is -0.599. The van der Waals surface area contributed by atoms with Crippen molar-refractivity contribution in [1.82, 2.24) is 10.6 Å². The fourth-order valence-electron chi connectivity index (χ4n) is 2.02. The Labute approximate surface area is 164 Å². The third-order valence-corrected chi connectivity index (χ3v) is 4.64. The molecule has 28 heavy (non-hydrogen) atoms. The number of rotatable bonds is 12. The van der Waals surface area contributed by atoms with Gasteiger partial charge in [0.25, 0.3) is 0 Å². The first kappa shape index (κ1) is 23.4. The Morgan fingerprint density at radius 3 is 2.36 bits per heavy atom. The van der Waals surface area contributed by atoms with E-state index in [2.05, 4.69) is 10.6 Å². The SMILES string of the molecule is N[C@@H](CCC(=O)NC(CSCc1ccc(F)cc1)C(=O)NCC(=O)O)C(=O)O. The molecule has 0 saturated carbocycles. The molecule has 9 nitrogen and oxygen atoms in total. The van der Waals surface area contributed by atoms with E-state index in [-0.39, 0.29) is 24.4 Å². The van der Waals surface area contributed by atoms with Crippen molar-refractivity contribution >= 4 is 35.5 Å². The zero-order valence-electron chi connectivity index (χ0n) is 14.9. The summed E-state index contributed by atoms with van der Waals surface area (Å²) in [5.41, 5.74) is 6.15. The molecular formula is C17H22FN3O6S. The van der Waals surface area contributed by atoms with Crippen molar-refractivity contribution in [3.8, 4) is 0 Å². The predicted molar refractivity (Wildman–Crippen MR) is 100.0 cm³/mol. The Morgan fingerprint density at radius 2 is 1.79 bits per heavy atom. The molecule has 2 amide bonds. The molecule has 6 N–H and O–H groups in total. The molecule has 1 aromatic carbocycles. The molecule has 0 bridgehead atoms. The normalized spacial score (nSPS) is 12.6. The van der Waals surface area contributed by atoms with Crippen LogP contribution < -0.4 is 16.4 Å². The molecule has 0 saturated heterocycles. The Kier molecular flexibility index (Phi) is 9.96.